The van der Waals surface area contributed by atoms with Gasteiger partial charge in [0.2, 0.25) is 0 Å². The summed E-state index contributed by atoms with van der Waals surface area (Å²) >= 11 is 1.66. The molecule has 0 bridgehead atoms. The Morgan fingerprint density at radius 2 is 1.93 bits per heavy atom. The lowest BCUT2D eigenvalue weighted by molar-refractivity contribution is 0.0208. The summed E-state index contributed by atoms with van der Waals surface area (Å²) in [7, 11) is 1.66. The van der Waals surface area contributed by atoms with Crippen LogP contribution in [0.5, 0.6) is 11.5 Å². The quantitative estimate of drug-likeness (QED) is 0.700. The second-order valence-corrected chi connectivity index (χ2v) is 9.51. The molecule has 2 aromatic rings. The number of nitrogens with zero attached hydrogens (tertiary/aromatic N) is 2. The number of benzene rings is 1. The molecule has 2 heterocycles. The molecule has 0 radical (unpaired) electrons. The van der Waals surface area contributed by atoms with E-state index in [1.807, 2.05) is 31.2 Å². The van der Waals surface area contributed by atoms with Gasteiger partial charge in [0.1, 0.15) is 22.1 Å². The van der Waals surface area contributed by atoms with E-state index in [1.165, 1.54) is 24.3 Å². The van der Waals surface area contributed by atoms with Gasteiger partial charge < -0.3 is 19.5 Å². The van der Waals surface area contributed by atoms with E-state index in [9.17, 15) is 5.11 Å². The molecular weight excluding hydrogens is 384 g/mol. The Morgan fingerprint density at radius 1 is 1.17 bits per heavy atom. The van der Waals surface area contributed by atoms with Crippen molar-refractivity contribution in [3.05, 3.63) is 39.8 Å². The summed E-state index contributed by atoms with van der Waals surface area (Å²) in [4.78, 5) is 8.52. The van der Waals surface area contributed by atoms with Crippen LogP contribution < -0.4 is 9.47 Å². The minimum absolute atomic E-state index is 0.600. The maximum atomic E-state index is 11.4. The number of ether oxygens (including phenoxy) is 2. The minimum atomic E-state index is -0.775. The summed E-state index contributed by atoms with van der Waals surface area (Å²) in [5.41, 5.74) is 0.249. The van der Waals surface area contributed by atoms with Crippen molar-refractivity contribution in [1.29, 1.82) is 0 Å². The van der Waals surface area contributed by atoms with E-state index in [-0.39, 0.29) is 0 Å². The van der Waals surface area contributed by atoms with Crippen LogP contribution in [-0.4, -0.2) is 48.3 Å². The summed E-state index contributed by atoms with van der Waals surface area (Å²) in [6.07, 6.45) is 6.21. The topological polar surface area (TPSA) is 54.8 Å². The summed E-state index contributed by atoms with van der Waals surface area (Å²) in [5.74, 6) is 2.57. The number of likely N-dealkylation sites (tertiary alicyclic amines) is 1. The Morgan fingerprint density at radius 3 is 2.66 bits per heavy atom. The zero-order valence-corrected chi connectivity index (χ0v) is 18.3. The summed E-state index contributed by atoms with van der Waals surface area (Å²) in [6.45, 7) is 5.93. The van der Waals surface area contributed by atoms with Crippen molar-refractivity contribution in [3.63, 3.8) is 0 Å². The first kappa shape index (κ1) is 20.6. The van der Waals surface area contributed by atoms with Crippen LogP contribution in [0.15, 0.2) is 24.3 Å². The first-order chi connectivity index (χ1) is 14.1. The molecule has 0 unspecified atom stereocenters. The van der Waals surface area contributed by atoms with Crippen molar-refractivity contribution in [1.82, 2.24) is 9.88 Å². The SMILES string of the molecule is COc1ccc(OCCc2sc([C@]3(O)CCCN(CC4CC4)CC3)nc2C)cc1. The lowest BCUT2D eigenvalue weighted by atomic mass is 9.96. The number of aryl methyl sites for hydroxylation is 1. The van der Waals surface area contributed by atoms with Gasteiger partial charge in [-0.15, -0.1) is 11.3 Å². The van der Waals surface area contributed by atoms with Crippen molar-refractivity contribution in [2.75, 3.05) is 33.4 Å². The fourth-order valence-electron chi connectivity index (χ4n) is 4.03. The fourth-order valence-corrected chi connectivity index (χ4v) is 5.22. The van der Waals surface area contributed by atoms with Gasteiger partial charge in [0.05, 0.1) is 19.4 Å². The van der Waals surface area contributed by atoms with Gasteiger partial charge in [0.25, 0.3) is 0 Å². The van der Waals surface area contributed by atoms with Gasteiger partial charge >= 0.3 is 0 Å². The Kier molecular flexibility index (Phi) is 6.42. The van der Waals surface area contributed by atoms with E-state index in [0.717, 1.165) is 66.9 Å². The highest BCUT2D eigenvalue weighted by atomic mass is 32.1. The highest BCUT2D eigenvalue weighted by molar-refractivity contribution is 7.11. The number of hydrogen-bond acceptors (Lipinski definition) is 6. The third-order valence-electron chi connectivity index (χ3n) is 6.07. The van der Waals surface area contributed by atoms with E-state index >= 15 is 0 Å². The van der Waals surface area contributed by atoms with Crippen LogP contribution in [0, 0.1) is 12.8 Å². The van der Waals surface area contributed by atoms with Crippen molar-refractivity contribution in [3.8, 4) is 11.5 Å². The molecular formula is C23H32N2O3S. The maximum absolute atomic E-state index is 11.4. The normalized spacial score (nSPS) is 23.0. The average Bonchev–Trinajstić information content (AvgIpc) is 3.50. The van der Waals surface area contributed by atoms with E-state index in [1.54, 1.807) is 18.4 Å². The number of methoxy groups -OCH3 is 1. The van der Waals surface area contributed by atoms with E-state index in [2.05, 4.69) is 4.90 Å². The van der Waals surface area contributed by atoms with Crippen molar-refractivity contribution < 1.29 is 14.6 Å². The Balaban J connectivity index is 1.33. The molecule has 5 nitrogen and oxygen atoms in total. The van der Waals surface area contributed by atoms with Crippen LogP contribution in [0.1, 0.15) is 47.7 Å². The summed E-state index contributed by atoms with van der Waals surface area (Å²) < 4.78 is 11.1. The lowest BCUT2D eigenvalue weighted by Crippen LogP contribution is -2.30. The van der Waals surface area contributed by atoms with Crippen LogP contribution >= 0.6 is 11.3 Å². The van der Waals surface area contributed by atoms with Gasteiger partial charge in [-0.05, 0) is 75.8 Å². The molecule has 1 saturated heterocycles. The molecule has 1 aliphatic carbocycles. The Hall–Kier alpha value is -1.63. The van der Waals surface area contributed by atoms with Crippen LogP contribution in [0.4, 0.5) is 0 Å². The van der Waals surface area contributed by atoms with Crippen molar-refractivity contribution >= 4 is 11.3 Å². The second-order valence-electron chi connectivity index (χ2n) is 8.43. The largest absolute Gasteiger partial charge is 0.497 e. The molecule has 158 valence electrons. The molecule has 1 aromatic carbocycles. The molecule has 2 fully saturated rings. The second kappa shape index (κ2) is 9.02. The predicted molar refractivity (Wildman–Crippen MR) is 116 cm³/mol. The number of rotatable bonds is 8. The highest BCUT2D eigenvalue weighted by Gasteiger charge is 2.36. The molecule has 6 heteroatoms. The average molecular weight is 417 g/mol. The smallest absolute Gasteiger partial charge is 0.125 e. The maximum Gasteiger partial charge on any atom is 0.125 e. The van der Waals surface area contributed by atoms with Gasteiger partial charge in [-0.2, -0.15) is 0 Å². The fraction of sp³-hybridized carbons (Fsp3) is 0.609. The molecule has 1 aromatic heterocycles. The summed E-state index contributed by atoms with van der Waals surface area (Å²) in [5, 5.41) is 12.3. The molecule has 4 rings (SSSR count). The van der Waals surface area contributed by atoms with Crippen LogP contribution in [-0.2, 0) is 12.0 Å². The molecule has 1 N–H and O–H groups in total. The number of thiazole rings is 1. The number of aromatic nitrogens is 1. The van der Waals surface area contributed by atoms with E-state index in [0.29, 0.717) is 6.61 Å². The molecule has 1 aliphatic heterocycles. The molecule has 1 atom stereocenters. The standard InChI is InChI=1S/C23H32N2O3S/c1-17-21(10-15-28-20-8-6-19(27-2)7-9-20)29-22(24-17)23(26)11-3-13-25(14-12-23)16-18-4-5-18/h6-9,18,26H,3-5,10-16H2,1-2H3/t23-/m0/s1. The van der Waals surface area contributed by atoms with E-state index in [4.69, 9.17) is 14.5 Å². The van der Waals surface area contributed by atoms with Crippen LogP contribution in [0.3, 0.4) is 0 Å². The third-order valence-corrected chi connectivity index (χ3v) is 7.48. The monoisotopic (exact) mass is 416 g/mol. The van der Waals surface area contributed by atoms with Gasteiger partial charge in [-0.25, -0.2) is 4.98 Å². The third kappa shape index (κ3) is 5.30. The van der Waals surface area contributed by atoms with Gasteiger partial charge in [0, 0.05) is 24.4 Å². The Bertz CT molecular complexity index is 803. The predicted octanol–water partition coefficient (Wildman–Crippen LogP) is 4.17. The number of hydrogen-bond donors (Lipinski definition) is 1. The minimum Gasteiger partial charge on any atom is -0.497 e. The molecule has 29 heavy (non-hydrogen) atoms. The molecule has 0 amide bonds. The first-order valence-corrected chi connectivity index (χ1v) is 11.6. The zero-order valence-electron chi connectivity index (χ0n) is 17.5. The van der Waals surface area contributed by atoms with Gasteiger partial charge in [-0.1, -0.05) is 0 Å². The van der Waals surface area contributed by atoms with Gasteiger partial charge in [-0.3, -0.25) is 0 Å². The molecule has 1 saturated carbocycles. The summed E-state index contributed by atoms with van der Waals surface area (Å²) in [6, 6.07) is 7.65. The Labute approximate surface area is 177 Å². The van der Waals surface area contributed by atoms with Crippen molar-refractivity contribution in [2.24, 2.45) is 5.92 Å². The molecule has 2 aliphatic rings. The van der Waals surface area contributed by atoms with Crippen LogP contribution in [0.25, 0.3) is 0 Å². The number of aliphatic hydroxyl groups is 1. The molecule has 0 spiro atoms. The lowest BCUT2D eigenvalue weighted by Gasteiger charge is -2.24. The first-order valence-electron chi connectivity index (χ1n) is 10.7. The zero-order chi connectivity index (χ0) is 20.3. The highest BCUT2D eigenvalue weighted by Crippen LogP contribution is 2.38. The van der Waals surface area contributed by atoms with Crippen molar-refractivity contribution in [2.45, 2.75) is 51.0 Å². The van der Waals surface area contributed by atoms with Gasteiger partial charge in [0.15, 0.2) is 0 Å². The van der Waals surface area contributed by atoms with Crippen LogP contribution in [0.2, 0.25) is 0 Å². The van der Waals surface area contributed by atoms with E-state index < -0.39 is 5.60 Å².